The number of hydrogen-bond donors (Lipinski definition) is 2. The fraction of sp³-hybridized carbons (Fsp3) is 0.115. The molecule has 1 aromatic heterocycles. The number of anilines is 1. The van der Waals surface area contributed by atoms with Crippen LogP contribution in [0.2, 0.25) is 5.02 Å². The van der Waals surface area contributed by atoms with Gasteiger partial charge in [0.25, 0.3) is 5.91 Å². The van der Waals surface area contributed by atoms with Gasteiger partial charge in [0.15, 0.2) is 0 Å². The standard InChI is InChI=1S/C26H22ClN3O2S/c27-20-12-10-19(11-13-20)26-29-21(17-33-26)16-24(31)30-23-9-5-4-8-22(23)25(32)28-15-14-18-6-2-1-3-7-18/h1-13,17H,14-16H2,(H,28,32)(H,30,31). The average molecular weight is 476 g/mol. The largest absolute Gasteiger partial charge is 0.352 e. The Morgan fingerprint density at radius 3 is 2.42 bits per heavy atom. The Bertz CT molecular complexity index is 1240. The summed E-state index contributed by atoms with van der Waals surface area (Å²) in [7, 11) is 0. The molecule has 33 heavy (non-hydrogen) atoms. The quantitative estimate of drug-likeness (QED) is 0.347. The molecule has 2 amide bonds. The van der Waals surface area contributed by atoms with Gasteiger partial charge in [-0.3, -0.25) is 9.59 Å². The molecular weight excluding hydrogens is 454 g/mol. The van der Waals surface area contributed by atoms with Gasteiger partial charge >= 0.3 is 0 Å². The van der Waals surface area contributed by atoms with Gasteiger partial charge in [0.05, 0.1) is 23.4 Å². The van der Waals surface area contributed by atoms with Crippen molar-refractivity contribution in [3.63, 3.8) is 0 Å². The maximum absolute atomic E-state index is 12.7. The van der Waals surface area contributed by atoms with Gasteiger partial charge in [0.1, 0.15) is 5.01 Å². The van der Waals surface area contributed by atoms with E-state index in [2.05, 4.69) is 15.6 Å². The molecule has 4 rings (SSSR count). The van der Waals surface area contributed by atoms with Crippen molar-refractivity contribution < 1.29 is 9.59 Å². The SMILES string of the molecule is O=C(Cc1csc(-c2ccc(Cl)cc2)n1)Nc1ccccc1C(=O)NCCc1ccccc1. The molecule has 0 aliphatic heterocycles. The minimum Gasteiger partial charge on any atom is -0.352 e. The van der Waals surface area contributed by atoms with Crippen molar-refractivity contribution in [2.75, 3.05) is 11.9 Å². The molecule has 0 aliphatic rings. The molecule has 0 atom stereocenters. The zero-order valence-corrected chi connectivity index (χ0v) is 19.3. The van der Waals surface area contributed by atoms with E-state index in [1.807, 2.05) is 60.0 Å². The first kappa shape index (κ1) is 22.7. The summed E-state index contributed by atoms with van der Waals surface area (Å²) in [5.41, 5.74) is 3.69. The predicted octanol–water partition coefficient (Wildman–Crippen LogP) is 5.62. The lowest BCUT2D eigenvalue weighted by molar-refractivity contribution is -0.115. The summed E-state index contributed by atoms with van der Waals surface area (Å²) in [6, 6.07) is 24.4. The lowest BCUT2D eigenvalue weighted by Gasteiger charge is -2.11. The van der Waals surface area contributed by atoms with Gasteiger partial charge < -0.3 is 10.6 Å². The van der Waals surface area contributed by atoms with E-state index < -0.39 is 0 Å². The Balaban J connectivity index is 1.35. The Labute approximate surface area is 201 Å². The fourth-order valence-electron chi connectivity index (χ4n) is 3.32. The van der Waals surface area contributed by atoms with Crippen LogP contribution in [0.25, 0.3) is 10.6 Å². The number of hydrogen-bond acceptors (Lipinski definition) is 4. The third-order valence-corrected chi connectivity index (χ3v) is 6.16. The van der Waals surface area contributed by atoms with Crippen LogP contribution in [0.4, 0.5) is 5.69 Å². The first-order valence-corrected chi connectivity index (χ1v) is 11.8. The number of halogens is 1. The molecule has 0 aliphatic carbocycles. The summed E-state index contributed by atoms with van der Waals surface area (Å²) in [5.74, 6) is -0.451. The molecule has 5 nitrogen and oxygen atoms in total. The predicted molar refractivity (Wildman–Crippen MR) is 134 cm³/mol. The van der Waals surface area contributed by atoms with Gasteiger partial charge in [-0.15, -0.1) is 11.3 Å². The van der Waals surface area contributed by atoms with Crippen LogP contribution in [-0.4, -0.2) is 23.3 Å². The van der Waals surface area contributed by atoms with Crippen LogP contribution in [0, 0.1) is 0 Å². The number of benzene rings is 3. The summed E-state index contributed by atoms with van der Waals surface area (Å²) >= 11 is 7.42. The van der Waals surface area contributed by atoms with E-state index in [1.165, 1.54) is 11.3 Å². The van der Waals surface area contributed by atoms with Crippen molar-refractivity contribution in [2.45, 2.75) is 12.8 Å². The monoisotopic (exact) mass is 475 g/mol. The highest BCUT2D eigenvalue weighted by Crippen LogP contribution is 2.25. The van der Waals surface area contributed by atoms with E-state index in [1.54, 1.807) is 24.3 Å². The third kappa shape index (κ3) is 6.28. The van der Waals surface area contributed by atoms with Gasteiger partial charge in [0.2, 0.25) is 5.91 Å². The van der Waals surface area contributed by atoms with E-state index in [-0.39, 0.29) is 18.2 Å². The molecule has 166 valence electrons. The summed E-state index contributed by atoms with van der Waals surface area (Å²) in [6.45, 7) is 0.511. The second-order valence-corrected chi connectivity index (χ2v) is 8.71. The van der Waals surface area contributed by atoms with E-state index >= 15 is 0 Å². The first-order chi connectivity index (χ1) is 16.1. The second kappa shape index (κ2) is 10.9. The molecule has 1 heterocycles. The number of nitrogens with one attached hydrogen (secondary N) is 2. The van der Waals surface area contributed by atoms with Crippen molar-refractivity contribution in [1.29, 1.82) is 0 Å². The number of aromatic nitrogens is 1. The highest BCUT2D eigenvalue weighted by molar-refractivity contribution is 7.13. The molecule has 2 N–H and O–H groups in total. The number of thiazole rings is 1. The zero-order valence-electron chi connectivity index (χ0n) is 17.8. The molecule has 4 aromatic rings. The molecule has 0 spiro atoms. The molecular formula is C26H22ClN3O2S. The van der Waals surface area contributed by atoms with Gasteiger partial charge in [-0.05, 0) is 36.2 Å². The number of carbonyl (C=O) groups excluding carboxylic acids is 2. The van der Waals surface area contributed by atoms with Gasteiger partial charge in [0, 0.05) is 22.5 Å². The van der Waals surface area contributed by atoms with Gasteiger partial charge in [-0.25, -0.2) is 4.98 Å². The van der Waals surface area contributed by atoms with E-state index in [0.29, 0.717) is 28.5 Å². The van der Waals surface area contributed by atoms with Crippen molar-refractivity contribution in [3.8, 4) is 10.6 Å². The first-order valence-electron chi connectivity index (χ1n) is 10.5. The lowest BCUT2D eigenvalue weighted by Crippen LogP contribution is -2.27. The molecule has 0 saturated heterocycles. The summed E-state index contributed by atoms with van der Waals surface area (Å²) in [5, 5.41) is 9.14. The highest BCUT2D eigenvalue weighted by Gasteiger charge is 2.14. The molecule has 0 unspecified atom stereocenters. The van der Waals surface area contributed by atoms with Crippen LogP contribution in [0.5, 0.6) is 0 Å². The van der Waals surface area contributed by atoms with Crippen molar-refractivity contribution in [2.24, 2.45) is 0 Å². The van der Waals surface area contributed by atoms with E-state index in [0.717, 1.165) is 22.6 Å². The number of amides is 2. The number of rotatable bonds is 8. The van der Waals surface area contributed by atoms with Crippen molar-refractivity contribution in [3.05, 3.63) is 106 Å². The minimum absolute atomic E-state index is 0.119. The van der Waals surface area contributed by atoms with Crippen LogP contribution in [0.3, 0.4) is 0 Å². The van der Waals surface area contributed by atoms with Crippen LogP contribution in [0.15, 0.2) is 84.2 Å². The molecule has 0 fully saturated rings. The molecule has 0 radical (unpaired) electrons. The lowest BCUT2D eigenvalue weighted by atomic mass is 10.1. The van der Waals surface area contributed by atoms with Crippen LogP contribution >= 0.6 is 22.9 Å². The van der Waals surface area contributed by atoms with Crippen molar-refractivity contribution in [1.82, 2.24) is 10.3 Å². The van der Waals surface area contributed by atoms with Crippen molar-refractivity contribution >= 4 is 40.4 Å². The summed E-state index contributed by atoms with van der Waals surface area (Å²) < 4.78 is 0. The maximum atomic E-state index is 12.7. The molecule has 3 aromatic carbocycles. The minimum atomic E-state index is -0.229. The Hall–Kier alpha value is -3.48. The number of nitrogens with zero attached hydrogens (tertiary/aromatic N) is 1. The van der Waals surface area contributed by atoms with Crippen LogP contribution < -0.4 is 10.6 Å². The van der Waals surface area contributed by atoms with E-state index in [4.69, 9.17) is 11.6 Å². The Morgan fingerprint density at radius 1 is 0.909 bits per heavy atom. The Kier molecular flexibility index (Phi) is 7.50. The highest BCUT2D eigenvalue weighted by atomic mass is 35.5. The van der Waals surface area contributed by atoms with E-state index in [9.17, 15) is 9.59 Å². The van der Waals surface area contributed by atoms with Crippen LogP contribution in [0.1, 0.15) is 21.6 Å². The normalized spacial score (nSPS) is 10.6. The summed E-state index contributed by atoms with van der Waals surface area (Å²) in [6.07, 6.45) is 0.856. The number of para-hydroxylation sites is 1. The molecule has 7 heteroatoms. The zero-order chi connectivity index (χ0) is 23.0. The summed E-state index contributed by atoms with van der Waals surface area (Å²) in [4.78, 5) is 29.9. The maximum Gasteiger partial charge on any atom is 0.253 e. The fourth-order valence-corrected chi connectivity index (χ4v) is 4.27. The Morgan fingerprint density at radius 2 is 1.64 bits per heavy atom. The topological polar surface area (TPSA) is 71.1 Å². The third-order valence-electron chi connectivity index (χ3n) is 4.97. The smallest absolute Gasteiger partial charge is 0.253 e. The second-order valence-electron chi connectivity index (χ2n) is 7.41. The molecule has 0 bridgehead atoms. The molecule has 0 saturated carbocycles. The van der Waals surface area contributed by atoms with Gasteiger partial charge in [-0.1, -0.05) is 66.2 Å². The number of carbonyl (C=O) groups is 2. The van der Waals surface area contributed by atoms with Crippen LogP contribution in [-0.2, 0) is 17.6 Å². The van der Waals surface area contributed by atoms with Gasteiger partial charge in [-0.2, -0.15) is 0 Å². The average Bonchev–Trinajstić information content (AvgIpc) is 3.28.